The molecule has 0 aliphatic carbocycles. The Labute approximate surface area is 114 Å². The van der Waals surface area contributed by atoms with Gasteiger partial charge in [-0.2, -0.15) is 0 Å². The van der Waals surface area contributed by atoms with Crippen molar-refractivity contribution in [2.45, 2.75) is 13.5 Å². The fraction of sp³-hybridized carbons (Fsp3) is 0.250. The molecule has 2 N–H and O–H groups in total. The molecule has 0 heterocycles. The number of nitrogen functional groups attached to an aromatic ring is 1. The minimum absolute atomic E-state index is 0.697. The maximum Gasteiger partial charge on any atom is 0.119 e. The minimum Gasteiger partial charge on any atom is -0.494 e. The largest absolute Gasteiger partial charge is 0.494 e. The van der Waals surface area contributed by atoms with Crippen molar-refractivity contribution in [3.8, 4) is 5.75 Å². The molecule has 0 saturated heterocycles. The number of rotatable bonds is 5. The van der Waals surface area contributed by atoms with E-state index in [1.165, 1.54) is 5.56 Å². The smallest absolute Gasteiger partial charge is 0.119 e. The molecule has 0 aliphatic rings. The molecule has 0 aliphatic heterocycles. The van der Waals surface area contributed by atoms with Crippen LogP contribution in [0.15, 0.2) is 48.5 Å². The van der Waals surface area contributed by atoms with Gasteiger partial charge in [0.2, 0.25) is 0 Å². The lowest BCUT2D eigenvalue weighted by Gasteiger charge is -2.20. The summed E-state index contributed by atoms with van der Waals surface area (Å²) >= 11 is 0. The third-order valence-electron chi connectivity index (χ3n) is 2.97. The van der Waals surface area contributed by atoms with E-state index >= 15 is 0 Å². The van der Waals surface area contributed by atoms with E-state index in [-0.39, 0.29) is 0 Å². The van der Waals surface area contributed by atoms with Gasteiger partial charge in [-0.3, -0.25) is 0 Å². The van der Waals surface area contributed by atoms with Crippen molar-refractivity contribution in [1.29, 1.82) is 0 Å². The third kappa shape index (κ3) is 3.65. The van der Waals surface area contributed by atoms with E-state index in [4.69, 9.17) is 10.5 Å². The standard InChI is InChI=1S/C16H20N2O/c1-3-19-16-9-7-13(8-10-16)12-18(2)15-6-4-5-14(17)11-15/h4-11H,3,12,17H2,1-2H3. The van der Waals surface area contributed by atoms with E-state index in [1.54, 1.807) is 0 Å². The summed E-state index contributed by atoms with van der Waals surface area (Å²) in [4.78, 5) is 2.17. The second kappa shape index (κ2) is 6.14. The third-order valence-corrected chi connectivity index (χ3v) is 2.97. The second-order valence-electron chi connectivity index (χ2n) is 4.53. The number of hydrogen-bond acceptors (Lipinski definition) is 3. The highest BCUT2D eigenvalue weighted by Gasteiger charge is 2.03. The van der Waals surface area contributed by atoms with Crippen molar-refractivity contribution in [2.75, 3.05) is 24.3 Å². The van der Waals surface area contributed by atoms with E-state index < -0.39 is 0 Å². The average molecular weight is 256 g/mol. The van der Waals surface area contributed by atoms with Gasteiger partial charge >= 0.3 is 0 Å². The van der Waals surface area contributed by atoms with Gasteiger partial charge in [0.25, 0.3) is 0 Å². The Morgan fingerprint density at radius 2 is 1.84 bits per heavy atom. The van der Waals surface area contributed by atoms with Crippen LogP contribution in [0.4, 0.5) is 11.4 Å². The molecule has 19 heavy (non-hydrogen) atoms. The summed E-state index contributed by atoms with van der Waals surface area (Å²) in [5, 5.41) is 0. The Morgan fingerprint density at radius 3 is 2.47 bits per heavy atom. The first-order chi connectivity index (χ1) is 9.19. The number of nitrogens with zero attached hydrogens (tertiary/aromatic N) is 1. The molecule has 0 radical (unpaired) electrons. The van der Waals surface area contributed by atoms with Crippen LogP contribution in [0.1, 0.15) is 12.5 Å². The van der Waals surface area contributed by atoms with Crippen molar-refractivity contribution in [3.05, 3.63) is 54.1 Å². The molecule has 2 aromatic carbocycles. The van der Waals surface area contributed by atoms with Gasteiger partial charge in [0.15, 0.2) is 0 Å². The molecule has 0 unspecified atom stereocenters. The first-order valence-corrected chi connectivity index (χ1v) is 6.47. The highest BCUT2D eigenvalue weighted by atomic mass is 16.5. The quantitative estimate of drug-likeness (QED) is 0.834. The van der Waals surface area contributed by atoms with Crippen molar-refractivity contribution in [3.63, 3.8) is 0 Å². The summed E-state index contributed by atoms with van der Waals surface area (Å²) in [5.74, 6) is 0.915. The van der Waals surface area contributed by atoms with Gasteiger partial charge in [0, 0.05) is 25.0 Å². The SMILES string of the molecule is CCOc1ccc(CN(C)c2cccc(N)c2)cc1. The summed E-state index contributed by atoms with van der Waals surface area (Å²) in [7, 11) is 2.06. The summed E-state index contributed by atoms with van der Waals surface area (Å²) < 4.78 is 5.44. The molecular weight excluding hydrogens is 236 g/mol. The Balaban J connectivity index is 2.04. The first kappa shape index (κ1) is 13.3. The lowest BCUT2D eigenvalue weighted by Crippen LogP contribution is -2.16. The molecule has 0 fully saturated rings. The second-order valence-corrected chi connectivity index (χ2v) is 4.53. The number of nitrogens with two attached hydrogens (primary N) is 1. The maximum atomic E-state index is 5.80. The zero-order valence-electron chi connectivity index (χ0n) is 11.5. The van der Waals surface area contributed by atoms with Gasteiger partial charge in [0.05, 0.1) is 6.61 Å². The Bertz CT molecular complexity index is 523. The molecule has 3 nitrogen and oxygen atoms in total. The van der Waals surface area contributed by atoms with Crippen LogP contribution in [0.3, 0.4) is 0 Å². The van der Waals surface area contributed by atoms with Crippen LogP contribution in [0.2, 0.25) is 0 Å². The summed E-state index contributed by atoms with van der Waals surface area (Å²) in [6.45, 7) is 3.53. The summed E-state index contributed by atoms with van der Waals surface area (Å²) in [6, 6.07) is 16.1. The number of hydrogen-bond donors (Lipinski definition) is 1. The average Bonchev–Trinajstić information content (AvgIpc) is 2.41. The van der Waals surface area contributed by atoms with Gasteiger partial charge in [-0.15, -0.1) is 0 Å². The Hall–Kier alpha value is -2.16. The highest BCUT2D eigenvalue weighted by molar-refractivity contribution is 5.55. The van der Waals surface area contributed by atoms with Crippen LogP contribution < -0.4 is 15.4 Å². The minimum atomic E-state index is 0.697. The molecule has 2 rings (SSSR count). The molecule has 3 heteroatoms. The normalized spacial score (nSPS) is 10.2. The van der Waals surface area contributed by atoms with E-state index in [2.05, 4.69) is 30.1 Å². The van der Waals surface area contributed by atoms with E-state index in [9.17, 15) is 0 Å². The van der Waals surface area contributed by atoms with Crippen LogP contribution in [-0.2, 0) is 6.54 Å². The molecule has 2 aromatic rings. The lowest BCUT2D eigenvalue weighted by molar-refractivity contribution is 0.340. The number of anilines is 2. The Morgan fingerprint density at radius 1 is 1.11 bits per heavy atom. The maximum absolute atomic E-state index is 5.80. The van der Waals surface area contributed by atoms with Gasteiger partial charge in [0.1, 0.15) is 5.75 Å². The molecular formula is C16H20N2O. The number of benzene rings is 2. The lowest BCUT2D eigenvalue weighted by atomic mass is 10.2. The van der Waals surface area contributed by atoms with Gasteiger partial charge in [-0.1, -0.05) is 18.2 Å². The molecule has 0 saturated carbocycles. The topological polar surface area (TPSA) is 38.5 Å². The zero-order valence-corrected chi connectivity index (χ0v) is 11.5. The molecule has 0 aromatic heterocycles. The van der Waals surface area contributed by atoms with E-state index in [0.29, 0.717) is 6.61 Å². The molecule has 100 valence electrons. The van der Waals surface area contributed by atoms with Gasteiger partial charge in [-0.25, -0.2) is 0 Å². The van der Waals surface area contributed by atoms with Crippen LogP contribution in [0, 0.1) is 0 Å². The first-order valence-electron chi connectivity index (χ1n) is 6.47. The van der Waals surface area contributed by atoms with Crippen molar-refractivity contribution in [1.82, 2.24) is 0 Å². The number of ether oxygens (including phenoxy) is 1. The monoisotopic (exact) mass is 256 g/mol. The molecule has 0 bridgehead atoms. The van der Waals surface area contributed by atoms with Gasteiger partial charge < -0.3 is 15.4 Å². The fourth-order valence-electron chi connectivity index (χ4n) is 1.99. The van der Waals surface area contributed by atoms with Crippen molar-refractivity contribution in [2.24, 2.45) is 0 Å². The molecule has 0 spiro atoms. The summed E-state index contributed by atoms with van der Waals surface area (Å²) in [6.07, 6.45) is 0. The van der Waals surface area contributed by atoms with Crippen LogP contribution >= 0.6 is 0 Å². The van der Waals surface area contributed by atoms with Gasteiger partial charge in [-0.05, 0) is 42.8 Å². The zero-order chi connectivity index (χ0) is 13.7. The fourth-order valence-corrected chi connectivity index (χ4v) is 1.99. The van der Waals surface area contributed by atoms with Crippen molar-refractivity contribution >= 4 is 11.4 Å². The van der Waals surface area contributed by atoms with Crippen LogP contribution in [0.5, 0.6) is 5.75 Å². The predicted octanol–water partition coefficient (Wildman–Crippen LogP) is 3.30. The van der Waals surface area contributed by atoms with E-state index in [1.807, 2.05) is 37.3 Å². The van der Waals surface area contributed by atoms with Crippen LogP contribution in [-0.4, -0.2) is 13.7 Å². The molecule has 0 amide bonds. The van der Waals surface area contributed by atoms with E-state index in [0.717, 1.165) is 23.7 Å². The summed E-state index contributed by atoms with van der Waals surface area (Å²) in [5.41, 5.74) is 8.95. The predicted molar refractivity (Wildman–Crippen MR) is 80.6 cm³/mol. The van der Waals surface area contributed by atoms with Crippen LogP contribution in [0.25, 0.3) is 0 Å². The van der Waals surface area contributed by atoms with Crippen molar-refractivity contribution < 1.29 is 4.74 Å². The molecule has 0 atom stereocenters. The highest BCUT2D eigenvalue weighted by Crippen LogP contribution is 2.19. The Kier molecular flexibility index (Phi) is 4.29.